The Labute approximate surface area is 188 Å². The van der Waals surface area contributed by atoms with E-state index in [-0.39, 0.29) is 36.0 Å². The number of primary amides is 1. The molecule has 0 aliphatic heterocycles. The molecule has 1 aromatic carbocycles. The van der Waals surface area contributed by atoms with E-state index < -0.39 is 63.5 Å². The molecule has 1 aromatic rings. The third-order valence-corrected chi connectivity index (χ3v) is 6.90. The van der Waals surface area contributed by atoms with E-state index in [1.807, 2.05) is 0 Å². The van der Waals surface area contributed by atoms with E-state index >= 15 is 0 Å². The molecule has 0 bridgehead atoms. The van der Waals surface area contributed by atoms with Crippen molar-refractivity contribution >= 4 is 28.9 Å². The molecule has 0 spiro atoms. The van der Waals surface area contributed by atoms with Gasteiger partial charge in [0.25, 0.3) is 5.91 Å². The average Bonchev–Trinajstić information content (AvgIpc) is 2.70. The van der Waals surface area contributed by atoms with Crippen LogP contribution in [0, 0.1) is 11.8 Å². The fourth-order valence-electron chi connectivity index (χ4n) is 5.33. The number of nitrogens with two attached hydrogens (primary N) is 1. The molecule has 6 N–H and O–H groups in total. The highest BCUT2D eigenvalue weighted by atomic mass is 16.3. The number of aliphatic hydroxyl groups excluding tert-OH is 2. The van der Waals surface area contributed by atoms with E-state index in [4.69, 9.17) is 5.73 Å². The number of hydrogen-bond acceptors (Lipinski definition) is 9. The van der Waals surface area contributed by atoms with Crippen molar-refractivity contribution in [2.75, 3.05) is 19.0 Å². The standard InChI is InChI=1S/C23H24N2O8/c1-8(26)11-7-13(25(2)3)12-5-9-4-10-6-14(27)17(22(24)32)21(31)23(10,33)20(30)15(9)19(29)16(12)18(11)28/h7,9-10,27-28,30,33H,4-6H2,1-3H3,(H2,24,32)/t9?,10-,23-/m0/s1. The Morgan fingerprint density at radius 2 is 1.79 bits per heavy atom. The van der Waals surface area contributed by atoms with Gasteiger partial charge >= 0.3 is 0 Å². The van der Waals surface area contributed by atoms with Crippen LogP contribution in [0.3, 0.4) is 0 Å². The van der Waals surface area contributed by atoms with Gasteiger partial charge < -0.3 is 31.1 Å². The minimum absolute atomic E-state index is 0.0466. The number of fused-ring (bicyclic) bond motifs is 3. The van der Waals surface area contributed by atoms with Crippen molar-refractivity contribution in [1.82, 2.24) is 0 Å². The fourth-order valence-corrected chi connectivity index (χ4v) is 5.33. The number of benzene rings is 1. The Balaban J connectivity index is 1.96. The highest BCUT2D eigenvalue weighted by Gasteiger charge is 2.59. The van der Waals surface area contributed by atoms with Gasteiger partial charge in [0, 0.05) is 37.7 Å². The number of ketones is 3. The van der Waals surface area contributed by atoms with Crippen LogP contribution in [-0.4, -0.2) is 63.4 Å². The maximum Gasteiger partial charge on any atom is 0.255 e. The summed E-state index contributed by atoms with van der Waals surface area (Å²) in [7, 11) is 3.44. The number of rotatable bonds is 3. The van der Waals surface area contributed by atoms with E-state index in [2.05, 4.69) is 0 Å². The molecular formula is C23H24N2O8. The van der Waals surface area contributed by atoms with Crippen LogP contribution in [0.1, 0.15) is 46.0 Å². The third kappa shape index (κ3) is 2.90. The monoisotopic (exact) mass is 456 g/mol. The molecule has 3 aliphatic carbocycles. The second kappa shape index (κ2) is 7.17. The first-order valence-corrected chi connectivity index (χ1v) is 10.4. The molecule has 0 saturated heterocycles. The topological polar surface area (TPSA) is 178 Å². The Morgan fingerprint density at radius 1 is 1.15 bits per heavy atom. The smallest absolute Gasteiger partial charge is 0.255 e. The number of carbonyl (C=O) groups is 4. The normalized spacial score (nSPS) is 26.5. The van der Waals surface area contributed by atoms with Crippen molar-refractivity contribution in [3.05, 3.63) is 45.4 Å². The molecule has 0 radical (unpaired) electrons. The zero-order valence-corrected chi connectivity index (χ0v) is 18.3. The SMILES string of the molecule is CC(=O)c1cc(N(C)C)c2c(c1O)C(=O)C1=C(O)[C@]3(O)C(=O)C(C(N)=O)=C(O)C[C@@H]3CC1C2. The lowest BCUT2D eigenvalue weighted by Gasteiger charge is -2.45. The van der Waals surface area contributed by atoms with E-state index in [1.165, 1.54) is 13.0 Å². The molecule has 3 atom stereocenters. The maximum atomic E-state index is 13.6. The average molecular weight is 456 g/mol. The summed E-state index contributed by atoms with van der Waals surface area (Å²) in [4.78, 5) is 52.0. The van der Waals surface area contributed by atoms with Gasteiger partial charge in [-0.05, 0) is 37.3 Å². The second-order valence-corrected chi connectivity index (χ2v) is 9.01. The van der Waals surface area contributed by atoms with Crippen molar-refractivity contribution in [3.63, 3.8) is 0 Å². The molecule has 0 heterocycles. The summed E-state index contributed by atoms with van der Waals surface area (Å²) in [5.41, 5.74) is 2.24. The van der Waals surface area contributed by atoms with Gasteiger partial charge in [0.05, 0.1) is 11.1 Å². The lowest BCUT2D eigenvalue weighted by molar-refractivity contribution is -0.144. The largest absolute Gasteiger partial charge is 0.511 e. The minimum Gasteiger partial charge on any atom is -0.511 e. The number of aromatic hydroxyl groups is 1. The van der Waals surface area contributed by atoms with Gasteiger partial charge in [-0.1, -0.05) is 0 Å². The lowest BCUT2D eigenvalue weighted by atomic mass is 9.60. The molecule has 4 rings (SSSR count). The summed E-state index contributed by atoms with van der Waals surface area (Å²) in [6, 6.07) is 1.50. The second-order valence-electron chi connectivity index (χ2n) is 9.01. The quantitative estimate of drug-likeness (QED) is 0.326. The van der Waals surface area contributed by atoms with Crippen LogP contribution in [0.25, 0.3) is 0 Å². The van der Waals surface area contributed by atoms with Gasteiger partial charge in [-0.2, -0.15) is 0 Å². The van der Waals surface area contributed by atoms with Gasteiger partial charge in [0.15, 0.2) is 17.2 Å². The van der Waals surface area contributed by atoms with Gasteiger partial charge in [-0.15, -0.1) is 0 Å². The summed E-state index contributed by atoms with van der Waals surface area (Å²) in [6.07, 6.45) is -0.0664. The number of phenols is 1. The third-order valence-electron chi connectivity index (χ3n) is 6.90. The van der Waals surface area contributed by atoms with Crippen LogP contribution < -0.4 is 10.6 Å². The molecule has 1 unspecified atom stereocenters. The Hall–Kier alpha value is -3.66. The molecular weight excluding hydrogens is 432 g/mol. The minimum atomic E-state index is -2.62. The van der Waals surface area contributed by atoms with Crippen LogP contribution in [0.15, 0.2) is 28.7 Å². The number of allylic oxidation sites excluding steroid dienone is 2. The van der Waals surface area contributed by atoms with Crippen molar-refractivity contribution in [1.29, 1.82) is 0 Å². The number of nitrogens with zero attached hydrogens (tertiary/aromatic N) is 1. The summed E-state index contributed by atoms with van der Waals surface area (Å²) in [6.45, 7) is 1.24. The number of phenolic OH excluding ortho intramolecular Hbond substituents is 1. The van der Waals surface area contributed by atoms with E-state index in [0.29, 0.717) is 11.3 Å². The van der Waals surface area contributed by atoms with E-state index in [1.54, 1.807) is 19.0 Å². The first-order valence-electron chi connectivity index (χ1n) is 10.4. The molecule has 1 amide bonds. The highest BCUT2D eigenvalue weighted by molar-refractivity contribution is 6.24. The lowest BCUT2D eigenvalue weighted by Crippen LogP contribution is -2.57. The van der Waals surface area contributed by atoms with Crippen LogP contribution >= 0.6 is 0 Å². The number of aliphatic hydroxyl groups is 3. The summed E-state index contributed by atoms with van der Waals surface area (Å²) >= 11 is 0. The first kappa shape index (κ1) is 22.5. The van der Waals surface area contributed by atoms with E-state index in [9.17, 15) is 39.6 Å². The van der Waals surface area contributed by atoms with Gasteiger partial charge in [0.2, 0.25) is 5.78 Å². The van der Waals surface area contributed by atoms with Crippen LogP contribution in [0.5, 0.6) is 5.75 Å². The predicted octanol–water partition coefficient (Wildman–Crippen LogP) is 0.849. The molecule has 10 nitrogen and oxygen atoms in total. The number of Topliss-reactive ketones (excluding diaryl/α,β-unsaturated/α-hetero) is 3. The van der Waals surface area contributed by atoms with Crippen molar-refractivity contribution < 1.29 is 39.6 Å². The van der Waals surface area contributed by atoms with E-state index in [0.717, 1.165) is 0 Å². The van der Waals surface area contributed by atoms with Crippen molar-refractivity contribution in [2.24, 2.45) is 17.6 Å². The predicted molar refractivity (Wildman–Crippen MR) is 115 cm³/mol. The summed E-state index contributed by atoms with van der Waals surface area (Å²) in [5, 5.41) is 43.2. The molecule has 174 valence electrons. The fraction of sp³-hybridized carbons (Fsp3) is 0.391. The molecule has 0 aromatic heterocycles. The summed E-state index contributed by atoms with van der Waals surface area (Å²) in [5.74, 6) is -7.48. The molecule has 0 saturated carbocycles. The van der Waals surface area contributed by atoms with Gasteiger partial charge in [0.1, 0.15) is 22.8 Å². The Bertz CT molecular complexity index is 1230. The zero-order chi connectivity index (χ0) is 24.6. The van der Waals surface area contributed by atoms with Crippen LogP contribution in [0.2, 0.25) is 0 Å². The number of carbonyl (C=O) groups excluding carboxylic acids is 4. The Kier molecular flexibility index (Phi) is 4.90. The number of hydrogen-bond donors (Lipinski definition) is 5. The maximum absolute atomic E-state index is 13.6. The van der Waals surface area contributed by atoms with Crippen LogP contribution in [0.4, 0.5) is 5.69 Å². The van der Waals surface area contributed by atoms with Gasteiger partial charge in [-0.3, -0.25) is 19.2 Å². The van der Waals surface area contributed by atoms with Crippen molar-refractivity contribution in [3.8, 4) is 5.75 Å². The molecule has 10 heteroatoms. The van der Waals surface area contributed by atoms with Crippen molar-refractivity contribution in [2.45, 2.75) is 31.8 Å². The summed E-state index contributed by atoms with van der Waals surface area (Å²) < 4.78 is 0. The highest BCUT2D eigenvalue weighted by Crippen LogP contribution is 2.52. The zero-order valence-electron chi connectivity index (χ0n) is 18.3. The first-order chi connectivity index (χ1) is 15.3. The van der Waals surface area contributed by atoms with Crippen LogP contribution in [-0.2, 0) is 16.0 Å². The Morgan fingerprint density at radius 3 is 2.33 bits per heavy atom. The number of amides is 1. The number of anilines is 1. The van der Waals surface area contributed by atoms with Gasteiger partial charge in [-0.25, -0.2) is 0 Å². The molecule has 33 heavy (non-hydrogen) atoms. The molecule has 3 aliphatic rings. The molecule has 0 fully saturated rings.